The maximum absolute atomic E-state index is 6.95. The second-order valence-electron chi connectivity index (χ2n) is 14.0. The van der Waals surface area contributed by atoms with E-state index in [2.05, 4.69) is 156 Å². The van der Waals surface area contributed by atoms with E-state index in [1.807, 2.05) is 18.2 Å². The van der Waals surface area contributed by atoms with Crippen molar-refractivity contribution in [3.8, 4) is 56.3 Å². The van der Waals surface area contributed by atoms with Gasteiger partial charge in [-0.1, -0.05) is 115 Å². The quantitative estimate of drug-likeness (QED) is 0.175. The van der Waals surface area contributed by atoms with E-state index in [1.165, 1.54) is 21.8 Å². The number of benzene rings is 8. The van der Waals surface area contributed by atoms with Crippen LogP contribution >= 0.6 is 0 Å². The predicted octanol–water partition coefficient (Wildman–Crippen LogP) is 11.3. The SMILES string of the molecule is c1cc(-c2ccc3c(c2)B2Oc4ccc(-c5cccc6c5oc5ccccc56)cc4-c4cccc(c42)O3)cc(-n2c3ccccc3c3ccccc32)c1. The van der Waals surface area contributed by atoms with E-state index in [9.17, 15) is 0 Å². The van der Waals surface area contributed by atoms with Crippen molar-refractivity contribution in [1.29, 1.82) is 0 Å². The standard InChI is InChI=1S/C48H28BNO3/c1-4-18-41-34(12-1)35-13-2-5-19-42(35)50(41)32-11-7-10-29(26-32)30-22-25-45-40(28-30)49-47-37(16-9-21-46(47)51-45)39-27-31(23-24-44(39)53-49)33-15-8-17-38-36-14-3-6-20-43(36)52-48(33)38/h1-28H. The molecule has 0 atom stereocenters. The Kier molecular flexibility index (Phi) is 5.83. The van der Waals surface area contributed by atoms with Crippen LogP contribution in [0.25, 0.3) is 82.8 Å². The van der Waals surface area contributed by atoms with Crippen molar-refractivity contribution in [2.75, 3.05) is 0 Å². The molecule has 0 bridgehead atoms. The molecule has 4 nitrogen and oxygen atoms in total. The van der Waals surface area contributed by atoms with Crippen LogP contribution in [0.15, 0.2) is 174 Å². The average Bonchev–Trinajstić information content (AvgIpc) is 3.77. The zero-order chi connectivity index (χ0) is 34.6. The Hall–Kier alpha value is -6.98. The minimum atomic E-state index is -0.303. The maximum atomic E-state index is 6.95. The first-order valence-corrected chi connectivity index (χ1v) is 18.0. The summed E-state index contributed by atoms with van der Waals surface area (Å²) in [5.41, 5.74) is 13.9. The Labute approximate surface area is 305 Å². The highest BCUT2D eigenvalue weighted by atomic mass is 16.5. The molecular formula is C48H28BNO3. The average molecular weight is 678 g/mol. The molecule has 53 heavy (non-hydrogen) atoms. The zero-order valence-corrected chi connectivity index (χ0v) is 28.4. The number of hydrogen-bond acceptors (Lipinski definition) is 3. The summed E-state index contributed by atoms with van der Waals surface area (Å²) in [7, 11) is 0. The normalized spacial score (nSPS) is 12.8. The van der Waals surface area contributed by atoms with Crippen LogP contribution in [0.5, 0.6) is 17.2 Å². The topological polar surface area (TPSA) is 36.5 Å². The smallest absolute Gasteiger partial charge is 0.434 e. The second-order valence-corrected chi connectivity index (χ2v) is 14.0. The Morgan fingerprint density at radius 2 is 1.11 bits per heavy atom. The highest BCUT2D eigenvalue weighted by Gasteiger charge is 2.41. The van der Waals surface area contributed by atoms with Crippen LogP contribution in [0.4, 0.5) is 0 Å². The summed E-state index contributed by atoms with van der Waals surface area (Å²) < 4.78 is 22.3. The van der Waals surface area contributed by atoms with E-state index >= 15 is 0 Å². The van der Waals surface area contributed by atoms with Gasteiger partial charge < -0.3 is 18.4 Å². The molecule has 2 aliphatic rings. The molecule has 10 aromatic rings. The lowest BCUT2D eigenvalue weighted by atomic mass is 9.50. The molecule has 0 saturated heterocycles. The van der Waals surface area contributed by atoms with E-state index in [-0.39, 0.29) is 6.92 Å². The Bertz CT molecular complexity index is 3100. The number of fused-ring (bicyclic) bond motifs is 10. The van der Waals surface area contributed by atoms with Gasteiger partial charge in [0.15, 0.2) is 0 Å². The zero-order valence-electron chi connectivity index (χ0n) is 28.4. The van der Waals surface area contributed by atoms with Crippen LogP contribution in [-0.4, -0.2) is 11.5 Å². The van der Waals surface area contributed by atoms with Gasteiger partial charge in [-0.2, -0.15) is 0 Å². The molecule has 0 saturated carbocycles. The molecule has 4 heterocycles. The third-order valence-electron chi connectivity index (χ3n) is 11.1. The molecular weight excluding hydrogens is 649 g/mol. The minimum absolute atomic E-state index is 0.303. The predicted molar refractivity (Wildman–Crippen MR) is 217 cm³/mol. The van der Waals surface area contributed by atoms with Gasteiger partial charge in [0.1, 0.15) is 28.4 Å². The fourth-order valence-corrected chi connectivity index (χ4v) is 8.70. The van der Waals surface area contributed by atoms with Crippen LogP contribution in [-0.2, 0) is 0 Å². The van der Waals surface area contributed by atoms with Crippen LogP contribution < -0.4 is 20.3 Å². The molecule has 0 spiro atoms. The monoisotopic (exact) mass is 677 g/mol. The summed E-state index contributed by atoms with van der Waals surface area (Å²) >= 11 is 0. The molecule has 0 radical (unpaired) electrons. The second kappa shape index (κ2) is 10.8. The lowest BCUT2D eigenvalue weighted by Gasteiger charge is -2.33. The number of nitrogens with zero attached hydrogens (tertiary/aromatic N) is 1. The summed E-state index contributed by atoms with van der Waals surface area (Å²) in [6.07, 6.45) is 0. The number of aromatic nitrogens is 1. The molecule has 12 rings (SSSR count). The van der Waals surface area contributed by atoms with Gasteiger partial charge >= 0.3 is 6.92 Å². The van der Waals surface area contributed by atoms with E-state index < -0.39 is 0 Å². The first kappa shape index (κ1) is 28.7. The van der Waals surface area contributed by atoms with Crippen LogP contribution in [0.3, 0.4) is 0 Å². The third kappa shape index (κ3) is 4.13. The largest absolute Gasteiger partial charge is 0.551 e. The molecule has 0 N–H and O–H groups in total. The van der Waals surface area contributed by atoms with Gasteiger partial charge in [0, 0.05) is 49.3 Å². The molecule has 0 aliphatic carbocycles. The van der Waals surface area contributed by atoms with Gasteiger partial charge in [-0.15, -0.1) is 0 Å². The molecule has 8 aromatic carbocycles. The van der Waals surface area contributed by atoms with Crippen molar-refractivity contribution < 1.29 is 13.8 Å². The number of furan rings is 1. The van der Waals surface area contributed by atoms with Crippen molar-refractivity contribution in [3.05, 3.63) is 170 Å². The highest BCUT2D eigenvalue weighted by Crippen LogP contribution is 2.43. The van der Waals surface area contributed by atoms with Gasteiger partial charge in [0.25, 0.3) is 0 Å². The van der Waals surface area contributed by atoms with Gasteiger partial charge in [-0.3, -0.25) is 0 Å². The lowest BCUT2D eigenvalue weighted by Crippen LogP contribution is -2.53. The number of rotatable bonds is 3. The number of hydrogen-bond donors (Lipinski definition) is 0. The van der Waals surface area contributed by atoms with Gasteiger partial charge in [-0.25, -0.2) is 0 Å². The van der Waals surface area contributed by atoms with Gasteiger partial charge in [0.2, 0.25) is 0 Å². The molecule has 246 valence electrons. The van der Waals surface area contributed by atoms with Crippen molar-refractivity contribution in [2.45, 2.75) is 0 Å². The number of ether oxygens (including phenoxy) is 1. The van der Waals surface area contributed by atoms with E-state index in [0.717, 1.165) is 89.2 Å². The molecule has 0 fully saturated rings. The van der Waals surface area contributed by atoms with Gasteiger partial charge in [-0.05, 0) is 76.9 Å². The first-order valence-electron chi connectivity index (χ1n) is 18.0. The summed E-state index contributed by atoms with van der Waals surface area (Å²) in [5, 5.41) is 4.74. The van der Waals surface area contributed by atoms with Crippen LogP contribution in [0.2, 0.25) is 0 Å². The fraction of sp³-hybridized carbons (Fsp3) is 0. The van der Waals surface area contributed by atoms with Crippen molar-refractivity contribution in [1.82, 2.24) is 4.57 Å². The summed E-state index contributed by atoms with van der Waals surface area (Å²) in [6.45, 7) is -0.303. The summed E-state index contributed by atoms with van der Waals surface area (Å²) in [4.78, 5) is 0. The van der Waals surface area contributed by atoms with Crippen molar-refractivity contribution >= 4 is 61.6 Å². The van der Waals surface area contributed by atoms with E-state index in [0.29, 0.717) is 0 Å². The molecule has 2 aliphatic heterocycles. The first-order chi connectivity index (χ1) is 26.3. The Morgan fingerprint density at radius 3 is 1.98 bits per heavy atom. The van der Waals surface area contributed by atoms with E-state index in [1.54, 1.807) is 0 Å². The summed E-state index contributed by atoms with van der Waals surface area (Å²) in [6, 6.07) is 59.9. The Balaban J connectivity index is 0.958. The third-order valence-corrected chi connectivity index (χ3v) is 11.1. The Morgan fingerprint density at radius 1 is 0.434 bits per heavy atom. The number of para-hydroxylation sites is 4. The molecule has 2 aromatic heterocycles. The van der Waals surface area contributed by atoms with Crippen molar-refractivity contribution in [2.24, 2.45) is 0 Å². The molecule has 0 unspecified atom stereocenters. The molecule has 0 amide bonds. The fourth-order valence-electron chi connectivity index (χ4n) is 8.70. The maximum Gasteiger partial charge on any atom is 0.434 e. The molecule has 5 heteroatoms. The lowest BCUT2D eigenvalue weighted by molar-refractivity contribution is 0.479. The summed E-state index contributed by atoms with van der Waals surface area (Å²) in [5.74, 6) is 2.50. The van der Waals surface area contributed by atoms with Gasteiger partial charge in [0.05, 0.1) is 11.0 Å². The van der Waals surface area contributed by atoms with Crippen molar-refractivity contribution in [3.63, 3.8) is 0 Å². The van der Waals surface area contributed by atoms with Crippen LogP contribution in [0.1, 0.15) is 0 Å². The van der Waals surface area contributed by atoms with Crippen LogP contribution in [0, 0.1) is 0 Å². The highest BCUT2D eigenvalue weighted by molar-refractivity contribution is 6.84. The van der Waals surface area contributed by atoms with E-state index in [4.69, 9.17) is 13.8 Å². The minimum Gasteiger partial charge on any atom is -0.551 e.